The molecule has 2 aromatic rings. The Morgan fingerprint density at radius 3 is 3.00 bits per heavy atom. The van der Waals surface area contributed by atoms with Crippen molar-refractivity contribution < 1.29 is 9.18 Å². The molecule has 1 N–H and O–H groups in total. The summed E-state index contributed by atoms with van der Waals surface area (Å²) in [5.41, 5.74) is 1.49. The number of amides is 1. The fourth-order valence-electron chi connectivity index (χ4n) is 2.28. The number of hydrogen-bond donors (Lipinski definition) is 1. The molecule has 3 rings (SSSR count). The molecule has 0 spiro atoms. The molecular formula is C12H10BrFN2O. The predicted molar refractivity (Wildman–Crippen MR) is 66.5 cm³/mol. The van der Waals surface area contributed by atoms with E-state index >= 15 is 0 Å². The standard InChI is InChI=1S/C12H10BrFN2O/c13-9-6-8(14)4-7-5-10-12(17)15-2-1-3-16(10)11(7)9/h4-6H,1-3H2,(H,15,17). The van der Waals surface area contributed by atoms with Crippen LogP contribution in [0.1, 0.15) is 16.9 Å². The molecule has 0 radical (unpaired) electrons. The number of nitrogens with one attached hydrogen (secondary N) is 1. The van der Waals surface area contributed by atoms with Crippen LogP contribution in [0.2, 0.25) is 0 Å². The van der Waals surface area contributed by atoms with Crippen molar-refractivity contribution >= 4 is 32.7 Å². The third-order valence-electron chi connectivity index (χ3n) is 2.99. The molecule has 2 heterocycles. The third-order valence-corrected chi connectivity index (χ3v) is 3.59. The average Bonchev–Trinajstić information content (AvgIpc) is 2.54. The lowest BCUT2D eigenvalue weighted by Gasteiger charge is -2.06. The summed E-state index contributed by atoms with van der Waals surface area (Å²) in [6.07, 6.45) is 0.881. The summed E-state index contributed by atoms with van der Waals surface area (Å²) >= 11 is 3.36. The highest BCUT2D eigenvalue weighted by molar-refractivity contribution is 9.10. The van der Waals surface area contributed by atoms with Gasteiger partial charge in [-0.25, -0.2) is 4.39 Å². The van der Waals surface area contributed by atoms with E-state index in [-0.39, 0.29) is 11.7 Å². The molecule has 88 valence electrons. The van der Waals surface area contributed by atoms with Gasteiger partial charge in [0.15, 0.2) is 0 Å². The van der Waals surface area contributed by atoms with Crippen molar-refractivity contribution in [1.82, 2.24) is 9.88 Å². The zero-order valence-corrected chi connectivity index (χ0v) is 10.6. The van der Waals surface area contributed by atoms with Crippen LogP contribution in [0, 0.1) is 5.82 Å². The molecule has 0 saturated heterocycles. The van der Waals surface area contributed by atoms with E-state index in [0.29, 0.717) is 16.7 Å². The number of carbonyl (C=O) groups excluding carboxylic acids is 1. The fourth-order valence-corrected chi connectivity index (χ4v) is 2.94. The number of rotatable bonds is 0. The van der Waals surface area contributed by atoms with E-state index in [1.54, 1.807) is 6.07 Å². The summed E-state index contributed by atoms with van der Waals surface area (Å²) in [5, 5.41) is 3.58. The second-order valence-electron chi connectivity index (χ2n) is 4.12. The first-order valence-corrected chi connectivity index (χ1v) is 6.22. The van der Waals surface area contributed by atoms with Gasteiger partial charge in [-0.15, -0.1) is 0 Å². The third kappa shape index (κ3) is 1.65. The van der Waals surface area contributed by atoms with Gasteiger partial charge in [-0.05, 0) is 40.5 Å². The van der Waals surface area contributed by atoms with Gasteiger partial charge in [0.25, 0.3) is 5.91 Å². The number of halogens is 2. The largest absolute Gasteiger partial charge is 0.351 e. The molecule has 1 aliphatic heterocycles. The minimum Gasteiger partial charge on any atom is -0.351 e. The number of fused-ring (bicyclic) bond motifs is 3. The van der Waals surface area contributed by atoms with Crippen molar-refractivity contribution in [2.45, 2.75) is 13.0 Å². The van der Waals surface area contributed by atoms with Crippen LogP contribution >= 0.6 is 15.9 Å². The number of benzene rings is 1. The molecule has 0 aliphatic carbocycles. The number of aromatic nitrogens is 1. The van der Waals surface area contributed by atoms with Gasteiger partial charge in [0, 0.05) is 22.9 Å². The maximum absolute atomic E-state index is 13.3. The Morgan fingerprint density at radius 1 is 1.35 bits per heavy atom. The lowest BCUT2D eigenvalue weighted by atomic mass is 10.2. The molecule has 17 heavy (non-hydrogen) atoms. The molecule has 1 aromatic carbocycles. The summed E-state index contributed by atoms with van der Waals surface area (Å²) in [6, 6.07) is 4.62. The molecule has 0 unspecified atom stereocenters. The maximum Gasteiger partial charge on any atom is 0.267 e. The highest BCUT2D eigenvalue weighted by atomic mass is 79.9. The molecule has 0 fully saturated rings. The van der Waals surface area contributed by atoms with Crippen LogP contribution in [-0.2, 0) is 6.54 Å². The highest BCUT2D eigenvalue weighted by Crippen LogP contribution is 2.29. The second kappa shape index (κ2) is 3.84. The van der Waals surface area contributed by atoms with Gasteiger partial charge in [-0.3, -0.25) is 4.79 Å². The van der Waals surface area contributed by atoms with E-state index < -0.39 is 0 Å². The van der Waals surface area contributed by atoms with Crippen molar-refractivity contribution in [3.05, 3.63) is 34.2 Å². The molecule has 0 saturated carbocycles. The van der Waals surface area contributed by atoms with E-state index in [9.17, 15) is 9.18 Å². The average molecular weight is 297 g/mol. The lowest BCUT2D eigenvalue weighted by Crippen LogP contribution is -2.22. The number of aryl methyl sites for hydroxylation is 1. The quantitative estimate of drug-likeness (QED) is 0.797. The smallest absolute Gasteiger partial charge is 0.267 e. The van der Waals surface area contributed by atoms with Gasteiger partial charge in [0.1, 0.15) is 11.5 Å². The summed E-state index contributed by atoms with van der Waals surface area (Å²) in [4.78, 5) is 11.8. The molecule has 3 nitrogen and oxygen atoms in total. The highest BCUT2D eigenvalue weighted by Gasteiger charge is 2.19. The fraction of sp³-hybridized carbons (Fsp3) is 0.250. The van der Waals surface area contributed by atoms with Crippen LogP contribution in [-0.4, -0.2) is 17.0 Å². The molecule has 0 atom stereocenters. The zero-order chi connectivity index (χ0) is 12.0. The second-order valence-corrected chi connectivity index (χ2v) is 4.97. The molecule has 0 bridgehead atoms. The monoisotopic (exact) mass is 296 g/mol. The Balaban J connectivity index is 2.35. The normalized spacial score (nSPS) is 15.5. The first kappa shape index (κ1) is 10.8. The number of hydrogen-bond acceptors (Lipinski definition) is 1. The summed E-state index contributed by atoms with van der Waals surface area (Å²) in [5.74, 6) is -0.392. The SMILES string of the molecule is O=C1NCCCn2c1cc1cc(F)cc(Br)c12. The van der Waals surface area contributed by atoms with Crippen molar-refractivity contribution in [3.8, 4) is 0 Å². The van der Waals surface area contributed by atoms with Gasteiger partial charge in [-0.2, -0.15) is 0 Å². The van der Waals surface area contributed by atoms with E-state index in [1.807, 2.05) is 4.57 Å². The van der Waals surface area contributed by atoms with Crippen LogP contribution in [0.4, 0.5) is 4.39 Å². The van der Waals surface area contributed by atoms with Gasteiger partial charge >= 0.3 is 0 Å². The van der Waals surface area contributed by atoms with Gasteiger partial charge in [-0.1, -0.05) is 0 Å². The van der Waals surface area contributed by atoms with Crippen molar-refractivity contribution in [2.24, 2.45) is 0 Å². The molecule has 1 amide bonds. The molecule has 1 aromatic heterocycles. The van der Waals surface area contributed by atoms with Crippen molar-refractivity contribution in [3.63, 3.8) is 0 Å². The van der Waals surface area contributed by atoms with Crippen LogP contribution in [0.3, 0.4) is 0 Å². The van der Waals surface area contributed by atoms with E-state index in [4.69, 9.17) is 0 Å². The van der Waals surface area contributed by atoms with E-state index in [1.165, 1.54) is 12.1 Å². The van der Waals surface area contributed by atoms with E-state index in [0.717, 1.165) is 23.9 Å². The van der Waals surface area contributed by atoms with Crippen molar-refractivity contribution in [1.29, 1.82) is 0 Å². The predicted octanol–water partition coefficient (Wildman–Crippen LogP) is 2.68. The number of carbonyl (C=O) groups is 1. The van der Waals surface area contributed by atoms with Crippen LogP contribution in [0.25, 0.3) is 10.9 Å². The zero-order valence-electron chi connectivity index (χ0n) is 8.96. The van der Waals surface area contributed by atoms with Gasteiger partial charge in [0.2, 0.25) is 0 Å². The Labute approximate surface area is 106 Å². The summed E-state index contributed by atoms with van der Waals surface area (Å²) < 4.78 is 15.9. The topological polar surface area (TPSA) is 34.0 Å². The first-order chi connectivity index (χ1) is 8.16. The first-order valence-electron chi connectivity index (χ1n) is 5.43. The minimum absolute atomic E-state index is 0.0917. The van der Waals surface area contributed by atoms with Gasteiger partial charge < -0.3 is 9.88 Å². The lowest BCUT2D eigenvalue weighted by molar-refractivity contribution is 0.0951. The Kier molecular flexibility index (Phi) is 2.43. The summed E-state index contributed by atoms with van der Waals surface area (Å²) in [6.45, 7) is 1.45. The van der Waals surface area contributed by atoms with Crippen LogP contribution in [0.5, 0.6) is 0 Å². The van der Waals surface area contributed by atoms with Crippen LogP contribution in [0.15, 0.2) is 22.7 Å². The molecule has 5 heteroatoms. The van der Waals surface area contributed by atoms with Crippen LogP contribution < -0.4 is 5.32 Å². The maximum atomic E-state index is 13.3. The Bertz CT molecular complexity index is 620. The summed E-state index contributed by atoms with van der Waals surface area (Å²) in [7, 11) is 0. The molecule has 1 aliphatic rings. The number of nitrogens with zero attached hydrogens (tertiary/aromatic N) is 1. The van der Waals surface area contributed by atoms with E-state index in [2.05, 4.69) is 21.2 Å². The van der Waals surface area contributed by atoms with Crippen molar-refractivity contribution in [2.75, 3.05) is 6.54 Å². The Hall–Kier alpha value is -1.36. The molecular weight excluding hydrogens is 287 g/mol. The minimum atomic E-state index is -0.300. The van der Waals surface area contributed by atoms with Gasteiger partial charge in [0.05, 0.1) is 5.52 Å². The Morgan fingerprint density at radius 2 is 2.18 bits per heavy atom.